The number of ketones is 1. The minimum absolute atomic E-state index is 0.115. The molecule has 1 aromatic rings. The van der Waals surface area contributed by atoms with E-state index < -0.39 is 0 Å². The molecule has 0 saturated carbocycles. The first-order valence-corrected chi connectivity index (χ1v) is 5.62. The van der Waals surface area contributed by atoms with Gasteiger partial charge in [-0.2, -0.15) is 0 Å². The van der Waals surface area contributed by atoms with E-state index in [9.17, 15) is 4.79 Å². The maximum atomic E-state index is 11.8. The summed E-state index contributed by atoms with van der Waals surface area (Å²) in [5.41, 5.74) is 0.671. The number of hydrogen-bond donors (Lipinski definition) is 0. The van der Waals surface area contributed by atoms with Crippen LogP contribution in [0.1, 0.15) is 23.7 Å². The summed E-state index contributed by atoms with van der Waals surface area (Å²) in [5.74, 6) is 0.818. The Hall–Kier alpha value is -1.09. The van der Waals surface area contributed by atoms with Crippen LogP contribution in [0, 0.1) is 0 Å². The molecule has 15 heavy (non-hydrogen) atoms. The summed E-state index contributed by atoms with van der Waals surface area (Å²) in [5, 5.41) is 0. The number of Topliss-reactive ketones (excluding diaryl/α,β-unsaturated/α-hetero) is 1. The second kappa shape index (κ2) is 4.19. The van der Waals surface area contributed by atoms with Gasteiger partial charge < -0.3 is 4.74 Å². The molecule has 78 valence electrons. The highest BCUT2D eigenvalue weighted by atomic mass is 79.9. The first-order chi connectivity index (χ1) is 7.20. The van der Waals surface area contributed by atoms with E-state index in [1.54, 1.807) is 0 Å². The lowest BCUT2D eigenvalue weighted by atomic mass is 10.0. The fourth-order valence-electron chi connectivity index (χ4n) is 1.64. The molecule has 0 aromatic heterocycles. The summed E-state index contributed by atoms with van der Waals surface area (Å²) in [6, 6.07) is 5.51. The third-order valence-corrected chi connectivity index (χ3v) is 2.81. The highest BCUT2D eigenvalue weighted by molar-refractivity contribution is 9.10. The van der Waals surface area contributed by atoms with E-state index in [1.807, 2.05) is 37.3 Å². The van der Waals surface area contributed by atoms with E-state index in [0.717, 1.165) is 4.47 Å². The molecule has 0 aliphatic carbocycles. The van der Waals surface area contributed by atoms with Gasteiger partial charge in [0, 0.05) is 4.47 Å². The number of carbonyl (C=O) groups is 1. The molecule has 1 atom stereocenters. The molecule has 2 nitrogen and oxygen atoms in total. The maximum absolute atomic E-state index is 11.8. The van der Waals surface area contributed by atoms with Crippen LogP contribution in [0.25, 0.3) is 0 Å². The van der Waals surface area contributed by atoms with Gasteiger partial charge in [-0.3, -0.25) is 4.79 Å². The van der Waals surface area contributed by atoms with Gasteiger partial charge in [0.05, 0.1) is 12.0 Å². The molecule has 2 rings (SSSR count). The van der Waals surface area contributed by atoms with E-state index in [1.165, 1.54) is 0 Å². The fraction of sp³-hybridized carbons (Fsp3) is 0.250. The van der Waals surface area contributed by atoms with Crippen LogP contribution < -0.4 is 4.74 Å². The minimum Gasteiger partial charge on any atom is -0.485 e. The Balaban J connectivity index is 2.36. The van der Waals surface area contributed by atoms with Gasteiger partial charge in [0.1, 0.15) is 11.9 Å². The van der Waals surface area contributed by atoms with Crippen LogP contribution in [0.3, 0.4) is 0 Å². The second-order valence-corrected chi connectivity index (χ2v) is 4.37. The Bertz CT molecular complexity index is 424. The van der Waals surface area contributed by atoms with Gasteiger partial charge in [0.25, 0.3) is 0 Å². The normalized spacial score (nSPS) is 20.1. The molecule has 1 aliphatic heterocycles. The molecule has 0 spiro atoms. The Morgan fingerprint density at radius 3 is 3.07 bits per heavy atom. The Morgan fingerprint density at radius 1 is 1.53 bits per heavy atom. The van der Waals surface area contributed by atoms with Gasteiger partial charge in [-0.15, -0.1) is 0 Å². The number of fused-ring (bicyclic) bond motifs is 1. The van der Waals surface area contributed by atoms with Crippen molar-refractivity contribution in [1.82, 2.24) is 0 Å². The highest BCUT2D eigenvalue weighted by Crippen LogP contribution is 2.30. The third-order valence-electron chi connectivity index (χ3n) is 2.31. The highest BCUT2D eigenvalue weighted by Gasteiger charge is 2.24. The minimum atomic E-state index is -0.115. The van der Waals surface area contributed by atoms with Gasteiger partial charge in [0.15, 0.2) is 5.78 Å². The summed E-state index contributed by atoms with van der Waals surface area (Å²) >= 11 is 3.34. The molecule has 1 aliphatic rings. The Morgan fingerprint density at radius 2 is 2.33 bits per heavy atom. The molecule has 1 aromatic carbocycles. The number of rotatable bonds is 1. The summed E-state index contributed by atoms with van der Waals surface area (Å²) < 4.78 is 6.57. The first-order valence-electron chi connectivity index (χ1n) is 4.83. The van der Waals surface area contributed by atoms with Crippen LogP contribution in [0.5, 0.6) is 5.75 Å². The topological polar surface area (TPSA) is 26.3 Å². The number of allylic oxidation sites excluding steroid dienone is 1. The monoisotopic (exact) mass is 266 g/mol. The fourth-order valence-corrected chi connectivity index (χ4v) is 2.00. The van der Waals surface area contributed by atoms with Crippen LogP contribution in [0.15, 0.2) is 34.8 Å². The largest absolute Gasteiger partial charge is 0.485 e. The zero-order chi connectivity index (χ0) is 10.8. The molecule has 0 fully saturated rings. The molecule has 0 N–H and O–H groups in total. The average molecular weight is 267 g/mol. The summed E-state index contributed by atoms with van der Waals surface area (Å²) in [4.78, 5) is 11.8. The van der Waals surface area contributed by atoms with E-state index in [-0.39, 0.29) is 11.9 Å². The van der Waals surface area contributed by atoms with Crippen molar-refractivity contribution in [2.75, 3.05) is 0 Å². The van der Waals surface area contributed by atoms with Crippen LogP contribution in [0.4, 0.5) is 0 Å². The molecule has 0 amide bonds. The lowest BCUT2D eigenvalue weighted by Crippen LogP contribution is -2.24. The molecule has 3 heteroatoms. The average Bonchev–Trinajstić information content (AvgIpc) is 2.20. The molecule has 0 saturated heterocycles. The predicted octanol–water partition coefficient (Wildman–Crippen LogP) is 3.36. The van der Waals surface area contributed by atoms with Crippen molar-refractivity contribution < 1.29 is 9.53 Å². The van der Waals surface area contributed by atoms with Crippen LogP contribution >= 0.6 is 15.9 Å². The van der Waals surface area contributed by atoms with Crippen molar-refractivity contribution in [2.45, 2.75) is 19.4 Å². The van der Waals surface area contributed by atoms with Crippen LogP contribution in [0.2, 0.25) is 0 Å². The Labute approximate surface area is 97.1 Å². The lowest BCUT2D eigenvalue weighted by Gasteiger charge is -2.22. The smallest absolute Gasteiger partial charge is 0.170 e. The first kappa shape index (κ1) is 10.4. The van der Waals surface area contributed by atoms with E-state index >= 15 is 0 Å². The molecule has 1 unspecified atom stereocenters. The van der Waals surface area contributed by atoms with Crippen LogP contribution in [-0.2, 0) is 0 Å². The summed E-state index contributed by atoms with van der Waals surface area (Å²) in [6.45, 7) is 1.92. The number of benzene rings is 1. The Kier molecular flexibility index (Phi) is 2.91. The van der Waals surface area contributed by atoms with Gasteiger partial charge in [-0.05, 0) is 31.2 Å². The molecular weight excluding hydrogens is 256 g/mol. The number of halogens is 1. The number of carbonyl (C=O) groups excluding carboxylic acids is 1. The molecule has 0 radical (unpaired) electrons. The quantitative estimate of drug-likeness (QED) is 0.729. The molecule has 1 heterocycles. The van der Waals surface area contributed by atoms with Crippen molar-refractivity contribution in [2.24, 2.45) is 0 Å². The van der Waals surface area contributed by atoms with Crippen molar-refractivity contribution in [3.8, 4) is 5.75 Å². The van der Waals surface area contributed by atoms with Crippen molar-refractivity contribution >= 4 is 21.7 Å². The van der Waals surface area contributed by atoms with Crippen molar-refractivity contribution in [3.05, 3.63) is 40.4 Å². The van der Waals surface area contributed by atoms with Gasteiger partial charge >= 0.3 is 0 Å². The standard InChI is InChI=1S/C12H11BrO2/c1-2-3-9-7-11(14)10-6-8(13)4-5-12(10)15-9/h2-6,9H,7H2,1H3/b3-2+. The maximum Gasteiger partial charge on any atom is 0.170 e. The van der Waals surface area contributed by atoms with Gasteiger partial charge in [0.2, 0.25) is 0 Å². The number of ether oxygens (including phenoxy) is 1. The summed E-state index contributed by atoms with van der Waals surface area (Å²) in [6.07, 6.45) is 4.12. The van der Waals surface area contributed by atoms with Crippen molar-refractivity contribution in [3.63, 3.8) is 0 Å². The van der Waals surface area contributed by atoms with E-state index in [4.69, 9.17) is 4.74 Å². The number of hydrogen-bond acceptors (Lipinski definition) is 2. The zero-order valence-electron chi connectivity index (χ0n) is 8.37. The van der Waals surface area contributed by atoms with E-state index in [0.29, 0.717) is 17.7 Å². The van der Waals surface area contributed by atoms with Crippen LogP contribution in [-0.4, -0.2) is 11.9 Å². The zero-order valence-corrected chi connectivity index (χ0v) is 9.95. The molecule has 0 bridgehead atoms. The molecular formula is C12H11BrO2. The van der Waals surface area contributed by atoms with Gasteiger partial charge in [-0.1, -0.05) is 22.0 Å². The van der Waals surface area contributed by atoms with E-state index in [2.05, 4.69) is 15.9 Å². The van der Waals surface area contributed by atoms with Gasteiger partial charge in [-0.25, -0.2) is 0 Å². The predicted molar refractivity (Wildman–Crippen MR) is 62.3 cm³/mol. The lowest BCUT2D eigenvalue weighted by molar-refractivity contribution is 0.0893. The third kappa shape index (κ3) is 2.12. The summed E-state index contributed by atoms with van der Waals surface area (Å²) in [7, 11) is 0. The second-order valence-electron chi connectivity index (χ2n) is 3.45. The van der Waals surface area contributed by atoms with Crippen molar-refractivity contribution in [1.29, 1.82) is 0 Å². The SMILES string of the molecule is C/C=C/C1CC(=O)c2cc(Br)ccc2O1.